The Morgan fingerprint density at radius 1 is 1.10 bits per heavy atom. The summed E-state index contributed by atoms with van der Waals surface area (Å²) >= 11 is 0. The topological polar surface area (TPSA) is 82.4 Å². The van der Waals surface area contributed by atoms with Crippen molar-refractivity contribution in [1.29, 1.82) is 5.41 Å². The second-order valence-electron chi connectivity index (χ2n) is 13.1. The van der Waals surface area contributed by atoms with E-state index in [1.54, 1.807) is 26.0 Å². The lowest BCUT2D eigenvalue weighted by Crippen LogP contribution is -2.44. The molecule has 1 amide bonds. The third-order valence-electron chi connectivity index (χ3n) is 9.25. The number of allylic oxidation sites excluding steroid dienone is 2. The minimum absolute atomic E-state index is 0.0734. The van der Waals surface area contributed by atoms with Crippen LogP contribution in [0.3, 0.4) is 0 Å². The molecule has 16 heteroatoms. The maximum absolute atomic E-state index is 13.8. The molecule has 2 aliphatic heterocycles. The molecule has 1 aromatic heterocycles. The summed E-state index contributed by atoms with van der Waals surface area (Å²) < 4.78 is 122. The molecule has 1 N–H and O–H groups in total. The number of anilines is 1. The van der Waals surface area contributed by atoms with E-state index in [9.17, 15) is 44.3 Å². The van der Waals surface area contributed by atoms with Gasteiger partial charge in [0.2, 0.25) is 17.6 Å². The van der Waals surface area contributed by atoms with E-state index in [2.05, 4.69) is 16.9 Å². The van der Waals surface area contributed by atoms with Gasteiger partial charge in [0.25, 0.3) is 5.92 Å². The van der Waals surface area contributed by atoms with Gasteiger partial charge in [-0.05, 0) is 75.1 Å². The van der Waals surface area contributed by atoms with Crippen molar-refractivity contribution in [3.8, 4) is 5.88 Å². The lowest BCUT2D eigenvalue weighted by atomic mass is 9.95. The van der Waals surface area contributed by atoms with Crippen LogP contribution in [-0.2, 0) is 16.4 Å². The third kappa shape index (κ3) is 9.84. The summed E-state index contributed by atoms with van der Waals surface area (Å²) in [5.74, 6) is -8.73. The Hall–Kier alpha value is -3.69. The van der Waals surface area contributed by atoms with Gasteiger partial charge in [0.1, 0.15) is 0 Å². The highest BCUT2D eigenvalue weighted by Crippen LogP contribution is 2.59. The fraction of sp³-hybridized carbons (Fsp3) is 0.611. The van der Waals surface area contributed by atoms with Crippen molar-refractivity contribution in [3.05, 3.63) is 59.6 Å². The Balaban J connectivity index is 0.000000240. The van der Waals surface area contributed by atoms with Gasteiger partial charge in [0.05, 0.1) is 18.5 Å². The molecule has 2 aliphatic carbocycles. The van der Waals surface area contributed by atoms with Crippen molar-refractivity contribution in [1.82, 2.24) is 14.9 Å². The van der Waals surface area contributed by atoms with Crippen molar-refractivity contribution >= 4 is 17.8 Å². The van der Waals surface area contributed by atoms with Gasteiger partial charge in [0.15, 0.2) is 6.10 Å². The predicted molar refractivity (Wildman–Crippen MR) is 180 cm³/mol. The molecule has 7 nitrogen and oxygen atoms in total. The van der Waals surface area contributed by atoms with Crippen molar-refractivity contribution < 1.29 is 49.0 Å². The highest BCUT2D eigenvalue weighted by Gasteiger charge is 2.61. The maximum atomic E-state index is 13.8. The number of ether oxygens (including phenoxy) is 1. The highest BCUT2D eigenvalue weighted by atomic mass is 19.4. The van der Waals surface area contributed by atoms with E-state index < -0.39 is 66.7 Å². The lowest BCUT2D eigenvalue weighted by Gasteiger charge is -2.24. The molecule has 52 heavy (non-hydrogen) atoms. The fourth-order valence-corrected chi connectivity index (χ4v) is 6.13. The summed E-state index contributed by atoms with van der Waals surface area (Å²) in [4.78, 5) is 21.2. The first-order valence-electron chi connectivity index (χ1n) is 17.2. The minimum Gasteiger partial charge on any atom is -0.466 e. The number of hydrogen-bond acceptors (Lipinski definition) is 6. The van der Waals surface area contributed by atoms with Crippen molar-refractivity contribution in [2.24, 2.45) is 5.92 Å². The number of carbonyl (C=O) groups excluding carboxylic acids is 1. The summed E-state index contributed by atoms with van der Waals surface area (Å²) in [5, 5.41) is 6.39. The van der Waals surface area contributed by atoms with Gasteiger partial charge in [-0.15, -0.1) is 0 Å². The lowest BCUT2D eigenvalue weighted by molar-refractivity contribution is -0.145. The molecule has 4 aliphatic rings. The van der Waals surface area contributed by atoms with Gasteiger partial charge < -0.3 is 15.0 Å². The SMILES string of the molecule is C/C=C\C=N.CC.CC(C)N1C[C@H](Oc2ccnc(C(F)(F)F)n2)C(F)(F)C1.CC[C@H]1C[C@@H]1c1ccc2c(c1)N(CC(F)(F)C(F)F)C(=O)C21CC1. The van der Waals surface area contributed by atoms with Gasteiger partial charge in [-0.1, -0.05) is 45.4 Å². The molecule has 1 saturated heterocycles. The summed E-state index contributed by atoms with van der Waals surface area (Å²) in [6.45, 7) is 9.68. The first-order valence-corrected chi connectivity index (χ1v) is 17.2. The normalized spacial score (nSPS) is 22.7. The zero-order valence-electron chi connectivity index (χ0n) is 30.0. The number of alkyl halides is 9. The van der Waals surface area contributed by atoms with E-state index in [-0.39, 0.29) is 12.6 Å². The molecule has 0 unspecified atom stereocenters. The van der Waals surface area contributed by atoms with Crippen molar-refractivity contribution in [3.63, 3.8) is 0 Å². The average Bonchev–Trinajstić information content (AvgIpc) is 4.01. The van der Waals surface area contributed by atoms with Crippen LogP contribution in [0.5, 0.6) is 5.88 Å². The average molecular weight is 752 g/mol. The van der Waals surface area contributed by atoms with Gasteiger partial charge in [-0.3, -0.25) is 9.69 Å². The minimum atomic E-state index is -4.75. The number of nitrogens with zero attached hydrogens (tertiary/aromatic N) is 4. The van der Waals surface area contributed by atoms with Crippen LogP contribution in [-0.4, -0.2) is 77.0 Å². The van der Waals surface area contributed by atoms with Crippen LogP contribution in [0.1, 0.15) is 90.1 Å². The van der Waals surface area contributed by atoms with Gasteiger partial charge in [0, 0.05) is 36.8 Å². The second-order valence-corrected chi connectivity index (χ2v) is 13.1. The molecular formula is C36H46F9N5O2. The number of hydrogen-bond donors (Lipinski definition) is 1. The number of aromatic nitrogens is 2. The number of nitrogens with one attached hydrogen (secondary N) is 1. The van der Waals surface area contributed by atoms with E-state index in [1.165, 1.54) is 11.1 Å². The number of carbonyl (C=O) groups is 1. The van der Waals surface area contributed by atoms with Crippen LogP contribution >= 0.6 is 0 Å². The standard InChI is InChI=1S/C18H19F4NO.C12H14F5N3O.C4H7N.C2H6/c1-2-10-7-12(10)11-3-4-13-14(8-11)23(9-18(21,22)15(19)20)16(24)17(13)5-6-17;1-7(2)20-5-8(11(13,14)6-20)21-9-3-4-18-10(19-9)12(15,16)17;1-2-3-4-5;1-2/h3-4,8,10,12,15H,2,5-7,9H2,1H3;3-4,7-8H,5-6H2,1-2H3;2-5H,1H3;1-2H3/b;;3-2-,5-4?;/t10-,12-;8-;;/m00../s1. The molecular weight excluding hydrogens is 705 g/mol. The predicted octanol–water partition coefficient (Wildman–Crippen LogP) is 9.32. The summed E-state index contributed by atoms with van der Waals surface area (Å²) in [6, 6.07) is 6.52. The smallest absolute Gasteiger partial charge is 0.451 e. The molecule has 3 atom stereocenters. The number of fused-ring (bicyclic) bond motifs is 2. The number of likely N-dealkylation sites (tertiary alicyclic amines) is 1. The van der Waals surface area contributed by atoms with Crippen LogP contribution in [0, 0.1) is 11.3 Å². The highest BCUT2D eigenvalue weighted by molar-refractivity contribution is 6.10. The van der Waals surface area contributed by atoms with E-state index in [0.717, 1.165) is 41.1 Å². The molecule has 3 heterocycles. The van der Waals surface area contributed by atoms with E-state index in [4.69, 9.17) is 10.1 Å². The van der Waals surface area contributed by atoms with Crippen LogP contribution < -0.4 is 9.64 Å². The van der Waals surface area contributed by atoms with E-state index >= 15 is 0 Å². The third-order valence-corrected chi connectivity index (χ3v) is 9.25. The Morgan fingerprint density at radius 2 is 1.75 bits per heavy atom. The van der Waals surface area contributed by atoms with Crippen LogP contribution in [0.25, 0.3) is 0 Å². The van der Waals surface area contributed by atoms with E-state index in [0.29, 0.717) is 30.4 Å². The second kappa shape index (κ2) is 17.0. The van der Waals surface area contributed by atoms with Gasteiger partial charge in [-0.25, -0.2) is 22.5 Å². The Morgan fingerprint density at radius 3 is 2.21 bits per heavy atom. The van der Waals surface area contributed by atoms with Crippen LogP contribution in [0.15, 0.2) is 42.6 Å². The molecule has 2 aromatic rings. The summed E-state index contributed by atoms with van der Waals surface area (Å²) in [6.07, 6.45) is -1.17. The van der Waals surface area contributed by atoms with Crippen molar-refractivity contribution in [2.45, 2.75) is 115 Å². The number of halogens is 9. The summed E-state index contributed by atoms with van der Waals surface area (Å²) in [5.41, 5.74) is 1.43. The Bertz CT molecular complexity index is 1550. The molecule has 2 saturated carbocycles. The van der Waals surface area contributed by atoms with Crippen LogP contribution in [0.4, 0.5) is 45.2 Å². The molecule has 0 bridgehead atoms. The first-order chi connectivity index (χ1) is 24.3. The maximum Gasteiger partial charge on any atom is 0.451 e. The molecule has 0 radical (unpaired) electrons. The van der Waals surface area contributed by atoms with Crippen LogP contribution in [0.2, 0.25) is 0 Å². The van der Waals surface area contributed by atoms with Crippen molar-refractivity contribution in [2.75, 3.05) is 24.5 Å². The molecule has 1 spiro atoms. The van der Waals surface area contributed by atoms with Gasteiger partial charge in [-0.2, -0.15) is 26.9 Å². The molecule has 1 aromatic carbocycles. The molecule has 6 rings (SSSR count). The summed E-state index contributed by atoms with van der Waals surface area (Å²) in [7, 11) is 0. The Kier molecular flexibility index (Phi) is 13.9. The van der Waals surface area contributed by atoms with E-state index in [1.807, 2.05) is 39.0 Å². The number of rotatable bonds is 9. The number of benzene rings is 1. The largest absolute Gasteiger partial charge is 0.466 e. The zero-order valence-corrected chi connectivity index (χ0v) is 30.0. The molecule has 290 valence electrons. The van der Waals surface area contributed by atoms with Gasteiger partial charge >= 0.3 is 18.5 Å². The zero-order chi connectivity index (χ0) is 39.2. The monoisotopic (exact) mass is 751 g/mol. The number of amides is 1. The Labute approximate surface area is 298 Å². The quantitative estimate of drug-likeness (QED) is 0.204. The molecule has 3 fully saturated rings. The first kappa shape index (κ1) is 42.7. The fourth-order valence-electron chi connectivity index (χ4n) is 6.13.